The highest BCUT2D eigenvalue weighted by atomic mass is 32.1. The summed E-state index contributed by atoms with van der Waals surface area (Å²) in [5.74, 6) is -0.258. The molecular weight excluding hydrogens is 631 g/mol. The maximum absolute atomic E-state index is 12.8. The van der Waals surface area contributed by atoms with Gasteiger partial charge in [-0.3, -0.25) is 0 Å². The minimum Gasteiger partial charge on any atom is -0.491 e. The maximum atomic E-state index is 12.8. The monoisotopic (exact) mass is 673 g/mol. The molecule has 2 aliphatic rings. The summed E-state index contributed by atoms with van der Waals surface area (Å²) in [6.07, 6.45) is 7.20. The van der Waals surface area contributed by atoms with Crippen molar-refractivity contribution in [1.82, 2.24) is 34.3 Å². The fourth-order valence-corrected chi connectivity index (χ4v) is 6.51. The van der Waals surface area contributed by atoms with Crippen LogP contribution in [0.2, 0.25) is 0 Å². The largest absolute Gasteiger partial charge is 0.491 e. The van der Waals surface area contributed by atoms with Crippen LogP contribution in [-0.2, 0) is 21.8 Å². The van der Waals surface area contributed by atoms with Crippen molar-refractivity contribution >= 4 is 22.7 Å². The Bertz CT molecular complexity index is 1750. The number of ether oxygens (including phenoxy) is 3. The second-order valence-electron chi connectivity index (χ2n) is 11.5. The van der Waals surface area contributed by atoms with Crippen LogP contribution in [0.5, 0.6) is 5.75 Å². The Morgan fingerprint density at radius 3 is 2.15 bits per heavy atom. The molecule has 0 saturated carbocycles. The van der Waals surface area contributed by atoms with Gasteiger partial charge in [-0.15, -0.1) is 11.3 Å². The van der Waals surface area contributed by atoms with Crippen molar-refractivity contribution in [3.63, 3.8) is 0 Å². The van der Waals surface area contributed by atoms with Crippen molar-refractivity contribution in [3.05, 3.63) is 94.3 Å². The summed E-state index contributed by atoms with van der Waals surface area (Å²) in [6.45, 7) is 12.7. The average Bonchev–Trinajstić information content (AvgIpc) is 3.98. The molecule has 0 aliphatic carbocycles. The number of hydrogen-bond acceptors (Lipinski definition) is 11. The number of thiazole rings is 1. The molecule has 0 amide bonds. The smallest absolute Gasteiger partial charge is 0.350 e. The van der Waals surface area contributed by atoms with Gasteiger partial charge < -0.3 is 24.0 Å². The molecule has 48 heavy (non-hydrogen) atoms. The van der Waals surface area contributed by atoms with E-state index >= 15 is 0 Å². The highest BCUT2D eigenvalue weighted by Crippen LogP contribution is 2.37. The van der Waals surface area contributed by atoms with Crippen molar-refractivity contribution < 1.29 is 14.2 Å². The fourth-order valence-electron chi connectivity index (χ4n) is 5.79. The van der Waals surface area contributed by atoms with Crippen LogP contribution in [0.3, 0.4) is 0 Å². The number of piperazine rings is 1. The van der Waals surface area contributed by atoms with Crippen molar-refractivity contribution in [3.8, 4) is 11.4 Å². The van der Waals surface area contributed by atoms with Crippen molar-refractivity contribution in [2.45, 2.75) is 58.6 Å². The zero-order valence-electron chi connectivity index (χ0n) is 27.9. The van der Waals surface area contributed by atoms with Crippen LogP contribution in [0.1, 0.15) is 45.2 Å². The quantitative estimate of drug-likeness (QED) is 0.194. The lowest BCUT2D eigenvalue weighted by Gasteiger charge is -2.37. The molecule has 3 atom stereocenters. The minimum atomic E-state index is -1.04. The van der Waals surface area contributed by atoms with Gasteiger partial charge in [0.2, 0.25) is 5.79 Å². The summed E-state index contributed by atoms with van der Waals surface area (Å²) in [4.78, 5) is 23.5. The number of rotatable bonds is 11. The molecule has 2 aromatic carbocycles. The molecule has 2 aliphatic heterocycles. The highest BCUT2D eigenvalue weighted by Gasteiger charge is 2.46. The number of anilines is 2. The van der Waals surface area contributed by atoms with Gasteiger partial charge in [-0.2, -0.15) is 20.1 Å². The van der Waals surface area contributed by atoms with Crippen LogP contribution in [0.15, 0.2) is 83.6 Å². The lowest BCUT2D eigenvalue weighted by atomic mass is 10.2. The highest BCUT2D eigenvalue weighted by molar-refractivity contribution is 7.09. The van der Waals surface area contributed by atoms with Gasteiger partial charge in [0.1, 0.15) is 31.3 Å². The van der Waals surface area contributed by atoms with E-state index in [1.54, 1.807) is 39.0 Å². The first-order valence-electron chi connectivity index (χ1n) is 16.6. The molecular formula is C34H43N9O4S. The molecule has 5 aromatic rings. The molecule has 0 radical (unpaired) electrons. The van der Waals surface area contributed by atoms with E-state index in [-0.39, 0.29) is 17.8 Å². The molecule has 2 saturated heterocycles. The van der Waals surface area contributed by atoms with Crippen LogP contribution >= 0.6 is 11.3 Å². The van der Waals surface area contributed by atoms with E-state index < -0.39 is 5.79 Å². The van der Waals surface area contributed by atoms with Gasteiger partial charge >= 0.3 is 5.69 Å². The van der Waals surface area contributed by atoms with E-state index in [1.165, 1.54) is 11.3 Å². The molecule has 13 nitrogen and oxygen atoms in total. The summed E-state index contributed by atoms with van der Waals surface area (Å²) in [6, 6.07) is 16.4. The second kappa shape index (κ2) is 15.1. The van der Waals surface area contributed by atoms with Crippen molar-refractivity contribution in [2.75, 3.05) is 49.2 Å². The number of aromatic nitrogens is 7. The van der Waals surface area contributed by atoms with Gasteiger partial charge in [-0.1, -0.05) is 20.8 Å². The maximum Gasteiger partial charge on any atom is 0.350 e. The number of nitrogens with zero attached hydrogens (tertiary/aromatic N) is 9. The number of benzene rings is 2. The zero-order valence-corrected chi connectivity index (χ0v) is 28.7. The molecule has 3 aromatic heterocycles. The van der Waals surface area contributed by atoms with Crippen LogP contribution in [0.4, 0.5) is 11.4 Å². The topological polar surface area (TPSA) is 118 Å². The summed E-state index contributed by atoms with van der Waals surface area (Å²) < 4.78 is 21.8. The summed E-state index contributed by atoms with van der Waals surface area (Å²) in [7, 11) is 0. The van der Waals surface area contributed by atoms with Crippen LogP contribution in [0, 0.1) is 0 Å². The van der Waals surface area contributed by atoms with Crippen molar-refractivity contribution in [2.24, 2.45) is 0 Å². The van der Waals surface area contributed by atoms with Gasteiger partial charge in [-0.25, -0.2) is 19.0 Å². The number of hydrogen-bond donors (Lipinski definition) is 0. The first-order chi connectivity index (χ1) is 23.5. The molecule has 5 heterocycles. The molecule has 7 rings (SSSR count). The van der Waals surface area contributed by atoms with E-state index in [2.05, 4.69) is 61.3 Å². The molecule has 3 unspecified atom stereocenters. The van der Waals surface area contributed by atoms with Gasteiger partial charge in [0.05, 0.1) is 30.7 Å². The summed E-state index contributed by atoms with van der Waals surface area (Å²) in [5.41, 5.74) is 3.02. The van der Waals surface area contributed by atoms with Gasteiger partial charge in [-0.05, 0) is 61.9 Å². The van der Waals surface area contributed by atoms with Crippen molar-refractivity contribution in [1.29, 1.82) is 0 Å². The van der Waals surface area contributed by atoms with E-state index in [9.17, 15) is 4.79 Å². The van der Waals surface area contributed by atoms with E-state index in [0.29, 0.717) is 19.8 Å². The van der Waals surface area contributed by atoms with Crippen LogP contribution in [0.25, 0.3) is 5.69 Å². The third kappa shape index (κ3) is 7.15. The normalized spacial score (nSPS) is 20.0. The third-order valence-electron chi connectivity index (χ3n) is 8.55. The molecule has 2 fully saturated rings. The fraction of sp³-hybridized carbons (Fsp3) is 0.441. The SMILES string of the molecule is CC.CCC(C)n1ncn(-c2ccc(N3CCN(c4ccc(OCC5COC(Cn6nccn6)(c6nccs6)O5)cc4)CC3)cc2)c1=O. The Labute approximate surface area is 284 Å². The Morgan fingerprint density at radius 1 is 0.917 bits per heavy atom. The second-order valence-corrected chi connectivity index (χ2v) is 12.4. The van der Waals surface area contributed by atoms with E-state index in [4.69, 9.17) is 14.2 Å². The van der Waals surface area contributed by atoms with Crippen LogP contribution < -0.4 is 20.2 Å². The predicted octanol–water partition coefficient (Wildman–Crippen LogP) is 4.75. The Hall–Kier alpha value is -4.53. The predicted molar refractivity (Wildman–Crippen MR) is 185 cm³/mol. The average molecular weight is 674 g/mol. The standard InChI is InChI=1S/C32H37N9O4S.C2H6/c1-3-24(2)41-31(42)39(23-36-41)27-6-4-25(5-7-27)37-15-17-38(18-16-37)26-8-10-28(11-9-26)43-20-29-21-44-32(45-29,30-33-14-19-46-30)22-40-34-12-13-35-40;1-2/h4-14,19,23-24,29H,3,15-18,20-22H2,1-2H3;1-2H3. The molecule has 0 N–H and O–H groups in total. The van der Waals surface area contributed by atoms with Crippen LogP contribution in [-0.4, -0.2) is 79.8 Å². The molecule has 0 bridgehead atoms. The molecule has 0 spiro atoms. The van der Waals surface area contributed by atoms with E-state index in [0.717, 1.165) is 60.4 Å². The lowest BCUT2D eigenvalue weighted by molar-refractivity contribution is -0.192. The molecule has 14 heteroatoms. The summed E-state index contributed by atoms with van der Waals surface area (Å²) >= 11 is 1.48. The minimum absolute atomic E-state index is 0.0716. The first kappa shape index (κ1) is 33.4. The molecule has 254 valence electrons. The summed E-state index contributed by atoms with van der Waals surface area (Å²) in [5, 5.41) is 15.4. The van der Waals surface area contributed by atoms with Gasteiger partial charge in [0, 0.05) is 49.1 Å². The van der Waals surface area contributed by atoms with Gasteiger partial charge in [0.15, 0.2) is 5.01 Å². The Morgan fingerprint density at radius 2 is 1.54 bits per heavy atom. The van der Waals surface area contributed by atoms with E-state index in [1.807, 2.05) is 50.4 Å². The zero-order chi connectivity index (χ0) is 33.5. The third-order valence-corrected chi connectivity index (χ3v) is 9.44. The van der Waals surface area contributed by atoms with Gasteiger partial charge in [0.25, 0.3) is 0 Å². The Kier molecular flexibility index (Phi) is 10.5. The Balaban J connectivity index is 0.00000197. The first-order valence-corrected chi connectivity index (χ1v) is 17.4. The lowest BCUT2D eigenvalue weighted by Crippen LogP contribution is -2.46.